The summed E-state index contributed by atoms with van der Waals surface area (Å²) in [6.45, 7) is 6.10. The highest BCUT2D eigenvalue weighted by atomic mass is 16.6. The average molecular weight is 208 g/mol. The molecule has 1 aromatic rings. The second-order valence-corrected chi connectivity index (χ2v) is 3.90. The lowest BCUT2D eigenvalue weighted by Crippen LogP contribution is -2.25. The highest BCUT2D eigenvalue weighted by molar-refractivity contribution is 5.35. The van der Waals surface area contributed by atoms with E-state index in [9.17, 15) is 10.1 Å². The number of hydrogen-bond acceptors (Lipinski definition) is 3. The molecule has 0 spiro atoms. The SMILES string of the molecule is CC(C)N[C@@H](C)c1cccc([N+](=O)[O-])c1. The number of nitro benzene ring substituents is 1. The van der Waals surface area contributed by atoms with Crippen LogP contribution in [0.15, 0.2) is 24.3 Å². The number of benzene rings is 1. The van der Waals surface area contributed by atoms with Crippen LogP contribution in [0, 0.1) is 10.1 Å². The summed E-state index contributed by atoms with van der Waals surface area (Å²) in [7, 11) is 0. The van der Waals surface area contributed by atoms with Gasteiger partial charge in [0.05, 0.1) is 4.92 Å². The molecular weight excluding hydrogens is 192 g/mol. The van der Waals surface area contributed by atoms with E-state index in [4.69, 9.17) is 0 Å². The Balaban J connectivity index is 2.85. The Morgan fingerprint density at radius 2 is 2.00 bits per heavy atom. The number of nitro groups is 1. The minimum Gasteiger partial charge on any atom is -0.308 e. The normalized spacial score (nSPS) is 12.8. The lowest BCUT2D eigenvalue weighted by Gasteiger charge is -2.16. The van der Waals surface area contributed by atoms with Crippen molar-refractivity contribution >= 4 is 5.69 Å². The molecule has 82 valence electrons. The number of hydrogen-bond donors (Lipinski definition) is 1. The molecule has 0 aliphatic heterocycles. The van der Waals surface area contributed by atoms with Gasteiger partial charge in [-0.1, -0.05) is 26.0 Å². The summed E-state index contributed by atoms with van der Waals surface area (Å²) in [5, 5.41) is 13.9. The summed E-state index contributed by atoms with van der Waals surface area (Å²) in [5.74, 6) is 0. The summed E-state index contributed by atoms with van der Waals surface area (Å²) in [6.07, 6.45) is 0. The molecule has 0 aliphatic carbocycles. The monoisotopic (exact) mass is 208 g/mol. The van der Waals surface area contributed by atoms with E-state index < -0.39 is 0 Å². The number of rotatable bonds is 4. The van der Waals surface area contributed by atoms with Crippen LogP contribution in [-0.2, 0) is 0 Å². The zero-order valence-corrected chi connectivity index (χ0v) is 9.23. The first-order chi connectivity index (χ1) is 7.00. The van der Waals surface area contributed by atoms with Crippen molar-refractivity contribution in [2.75, 3.05) is 0 Å². The van der Waals surface area contributed by atoms with E-state index in [0.717, 1.165) is 5.56 Å². The van der Waals surface area contributed by atoms with E-state index in [1.54, 1.807) is 12.1 Å². The van der Waals surface area contributed by atoms with Crippen LogP contribution in [0.2, 0.25) is 0 Å². The maximum absolute atomic E-state index is 10.6. The van der Waals surface area contributed by atoms with Gasteiger partial charge in [-0.25, -0.2) is 0 Å². The average Bonchev–Trinajstić information content (AvgIpc) is 2.17. The maximum atomic E-state index is 10.6. The van der Waals surface area contributed by atoms with Gasteiger partial charge in [0.1, 0.15) is 0 Å². The van der Waals surface area contributed by atoms with E-state index in [1.165, 1.54) is 6.07 Å². The number of nitrogens with zero attached hydrogens (tertiary/aromatic N) is 1. The van der Waals surface area contributed by atoms with Gasteiger partial charge < -0.3 is 5.32 Å². The number of non-ortho nitro benzene ring substituents is 1. The molecule has 1 rings (SSSR count). The molecule has 0 saturated carbocycles. The lowest BCUT2D eigenvalue weighted by molar-refractivity contribution is -0.384. The molecule has 0 aliphatic rings. The van der Waals surface area contributed by atoms with Gasteiger partial charge in [0, 0.05) is 24.2 Å². The predicted molar refractivity (Wildman–Crippen MR) is 59.8 cm³/mol. The fraction of sp³-hybridized carbons (Fsp3) is 0.455. The van der Waals surface area contributed by atoms with Crippen LogP contribution in [0.4, 0.5) is 5.69 Å². The molecule has 15 heavy (non-hydrogen) atoms. The van der Waals surface area contributed by atoms with E-state index in [0.29, 0.717) is 6.04 Å². The summed E-state index contributed by atoms with van der Waals surface area (Å²) < 4.78 is 0. The Hall–Kier alpha value is -1.42. The van der Waals surface area contributed by atoms with Crippen LogP contribution in [0.25, 0.3) is 0 Å². The predicted octanol–water partition coefficient (Wildman–Crippen LogP) is 2.65. The second-order valence-electron chi connectivity index (χ2n) is 3.90. The van der Waals surface area contributed by atoms with Gasteiger partial charge in [0.15, 0.2) is 0 Å². The summed E-state index contributed by atoms with van der Waals surface area (Å²) in [6, 6.07) is 7.22. The zero-order valence-electron chi connectivity index (χ0n) is 9.23. The molecule has 4 heteroatoms. The summed E-state index contributed by atoms with van der Waals surface area (Å²) >= 11 is 0. The van der Waals surface area contributed by atoms with Gasteiger partial charge in [-0.3, -0.25) is 10.1 Å². The minimum atomic E-state index is -0.369. The first-order valence-electron chi connectivity index (χ1n) is 5.01. The molecule has 0 aromatic heterocycles. The van der Waals surface area contributed by atoms with Crippen molar-refractivity contribution < 1.29 is 4.92 Å². The molecule has 0 fully saturated rings. The van der Waals surface area contributed by atoms with E-state index in [2.05, 4.69) is 5.32 Å². The third-order valence-electron chi connectivity index (χ3n) is 2.16. The Labute approximate surface area is 89.5 Å². The first-order valence-corrected chi connectivity index (χ1v) is 5.01. The van der Waals surface area contributed by atoms with Crippen LogP contribution in [0.5, 0.6) is 0 Å². The van der Waals surface area contributed by atoms with Crippen LogP contribution in [0.1, 0.15) is 32.4 Å². The van der Waals surface area contributed by atoms with Crippen molar-refractivity contribution in [2.24, 2.45) is 0 Å². The molecule has 1 aromatic carbocycles. The van der Waals surface area contributed by atoms with Crippen LogP contribution in [0.3, 0.4) is 0 Å². The Morgan fingerprint density at radius 1 is 1.33 bits per heavy atom. The largest absolute Gasteiger partial charge is 0.308 e. The molecule has 1 atom stereocenters. The summed E-state index contributed by atoms with van der Waals surface area (Å²) in [4.78, 5) is 10.2. The molecular formula is C11H16N2O2. The van der Waals surface area contributed by atoms with Crippen molar-refractivity contribution in [2.45, 2.75) is 32.9 Å². The Morgan fingerprint density at radius 3 is 2.53 bits per heavy atom. The fourth-order valence-electron chi connectivity index (χ4n) is 1.50. The Bertz CT molecular complexity index is 350. The molecule has 0 bridgehead atoms. The fourth-order valence-corrected chi connectivity index (χ4v) is 1.50. The molecule has 0 radical (unpaired) electrons. The van der Waals surface area contributed by atoms with Crippen LogP contribution < -0.4 is 5.32 Å². The van der Waals surface area contributed by atoms with Crippen molar-refractivity contribution in [1.82, 2.24) is 5.32 Å². The van der Waals surface area contributed by atoms with E-state index in [-0.39, 0.29) is 16.7 Å². The standard InChI is InChI=1S/C11H16N2O2/c1-8(2)12-9(3)10-5-4-6-11(7-10)13(14)15/h4-9,12H,1-3H3/t9-/m0/s1. The lowest BCUT2D eigenvalue weighted by atomic mass is 10.1. The van der Waals surface area contributed by atoms with Crippen LogP contribution >= 0.6 is 0 Å². The molecule has 0 heterocycles. The number of nitrogens with one attached hydrogen (secondary N) is 1. The highest BCUT2D eigenvalue weighted by Gasteiger charge is 2.10. The van der Waals surface area contributed by atoms with Crippen molar-refractivity contribution in [3.63, 3.8) is 0 Å². The summed E-state index contributed by atoms with van der Waals surface area (Å²) in [5.41, 5.74) is 1.09. The highest BCUT2D eigenvalue weighted by Crippen LogP contribution is 2.19. The smallest absolute Gasteiger partial charge is 0.269 e. The van der Waals surface area contributed by atoms with Crippen molar-refractivity contribution in [1.29, 1.82) is 0 Å². The molecule has 0 saturated heterocycles. The van der Waals surface area contributed by atoms with E-state index >= 15 is 0 Å². The Kier molecular flexibility index (Phi) is 3.80. The minimum absolute atomic E-state index is 0.130. The van der Waals surface area contributed by atoms with Gasteiger partial charge in [0.2, 0.25) is 0 Å². The van der Waals surface area contributed by atoms with Gasteiger partial charge >= 0.3 is 0 Å². The van der Waals surface area contributed by atoms with Gasteiger partial charge in [0.25, 0.3) is 5.69 Å². The van der Waals surface area contributed by atoms with E-state index in [1.807, 2.05) is 26.8 Å². The molecule has 0 unspecified atom stereocenters. The van der Waals surface area contributed by atoms with Gasteiger partial charge in [-0.2, -0.15) is 0 Å². The third-order valence-corrected chi connectivity index (χ3v) is 2.16. The topological polar surface area (TPSA) is 55.2 Å². The van der Waals surface area contributed by atoms with Gasteiger partial charge in [-0.05, 0) is 12.5 Å². The van der Waals surface area contributed by atoms with Crippen LogP contribution in [-0.4, -0.2) is 11.0 Å². The first kappa shape index (κ1) is 11.7. The van der Waals surface area contributed by atoms with Crippen molar-refractivity contribution in [3.8, 4) is 0 Å². The molecule has 1 N–H and O–H groups in total. The maximum Gasteiger partial charge on any atom is 0.269 e. The molecule has 4 nitrogen and oxygen atoms in total. The quantitative estimate of drug-likeness (QED) is 0.611. The van der Waals surface area contributed by atoms with Gasteiger partial charge in [-0.15, -0.1) is 0 Å². The van der Waals surface area contributed by atoms with Crippen molar-refractivity contribution in [3.05, 3.63) is 39.9 Å². The third kappa shape index (κ3) is 3.32. The second kappa shape index (κ2) is 4.89. The zero-order chi connectivity index (χ0) is 11.4. The molecule has 0 amide bonds.